The highest BCUT2D eigenvalue weighted by atomic mass is 79.9. The van der Waals surface area contributed by atoms with Gasteiger partial charge in [-0.3, -0.25) is 19.1 Å². The molecule has 3 atom stereocenters. The minimum atomic E-state index is -3.68. The average Bonchev–Trinajstić information content (AvgIpc) is 3.47. The van der Waals surface area contributed by atoms with Gasteiger partial charge in [-0.1, -0.05) is 24.3 Å². The largest absolute Gasteiger partial charge is 0.325 e. The van der Waals surface area contributed by atoms with Crippen molar-refractivity contribution in [1.29, 1.82) is 0 Å². The number of hydrogen-bond donors (Lipinski definition) is 1. The summed E-state index contributed by atoms with van der Waals surface area (Å²) >= 11 is 3.34. The van der Waals surface area contributed by atoms with Crippen LogP contribution in [0.1, 0.15) is 54.5 Å². The zero-order chi connectivity index (χ0) is 34.7. The summed E-state index contributed by atoms with van der Waals surface area (Å²) in [6, 6.07) is 7.81. The van der Waals surface area contributed by atoms with Crippen LogP contribution >= 0.6 is 15.9 Å². The molecule has 1 spiro atoms. The predicted molar refractivity (Wildman–Crippen MR) is 186 cm³/mol. The maximum absolute atomic E-state index is 14.2. The summed E-state index contributed by atoms with van der Waals surface area (Å²) in [6.45, 7) is 3.41. The number of sulfonamides is 1. The number of Topliss-reactive ketones (excluding diaryl/α,β-unsaturated/α-hetero) is 1. The molecule has 2 bridgehead atoms. The molecule has 0 unspecified atom stereocenters. The molecule has 2 amide bonds. The predicted octanol–water partition coefficient (Wildman–Crippen LogP) is 4.27. The van der Waals surface area contributed by atoms with Crippen LogP contribution in [0.2, 0.25) is 0 Å². The average molecular weight is 748 g/mol. The molecule has 2 aliphatic heterocycles. The number of pyridine rings is 1. The van der Waals surface area contributed by atoms with Crippen molar-refractivity contribution in [1.82, 2.24) is 33.9 Å². The molecule has 13 nitrogen and oxygen atoms in total. The van der Waals surface area contributed by atoms with Crippen molar-refractivity contribution in [2.75, 3.05) is 18.9 Å². The zero-order valence-corrected chi connectivity index (χ0v) is 29.7. The summed E-state index contributed by atoms with van der Waals surface area (Å²) in [5.74, 6) is -0.548. The maximum atomic E-state index is 14.2. The fourth-order valence-electron chi connectivity index (χ4n) is 6.96. The molecule has 1 saturated heterocycles. The van der Waals surface area contributed by atoms with Gasteiger partial charge in [0.1, 0.15) is 34.5 Å². The number of fused-ring (bicyclic) bond motifs is 3. The van der Waals surface area contributed by atoms with Crippen molar-refractivity contribution in [2.24, 2.45) is 5.41 Å². The number of ketones is 1. The van der Waals surface area contributed by atoms with Gasteiger partial charge in [-0.05, 0) is 72.3 Å². The number of likely N-dealkylation sites (tertiary alicyclic amines) is 1. The molecular formula is C34H35BrN8O5S. The number of nitrogens with one attached hydrogen (secondary N) is 1. The summed E-state index contributed by atoms with van der Waals surface area (Å²) in [4.78, 5) is 55.6. The third-order valence-corrected chi connectivity index (χ3v) is 11.9. The van der Waals surface area contributed by atoms with Crippen LogP contribution < -0.4 is 5.32 Å². The number of piperidine rings is 1. The monoisotopic (exact) mass is 746 g/mol. The van der Waals surface area contributed by atoms with Crippen LogP contribution in [-0.4, -0.2) is 85.6 Å². The minimum absolute atomic E-state index is 0.128. The lowest BCUT2D eigenvalue weighted by molar-refractivity contribution is -0.138. The van der Waals surface area contributed by atoms with Crippen molar-refractivity contribution in [3.63, 3.8) is 0 Å². The van der Waals surface area contributed by atoms with Crippen LogP contribution in [0.5, 0.6) is 0 Å². The lowest BCUT2D eigenvalue weighted by Crippen LogP contribution is -2.47. The standard InChI is InChI=1S/C34H35BrN8O5S/c1-20(44)31-25-13-22(24-16-36-21(2)37-17-24)7-9-26(25)42(40-31)18-30(45)43-27-14-34(15-28(34)43)11-5-4-6-12-41(3)49(47,48)19-23-8-10-29(35)38-32(23)39-33(27)46/h5,7-11,13,16-17,27-28H,4,6,12,14-15,18-19H2,1-3H3,(H,38,39,46)/b11-5+/t27-,28+,34-/m0/s1. The van der Waals surface area contributed by atoms with Gasteiger partial charge < -0.3 is 10.2 Å². The number of hydrogen-bond acceptors (Lipinski definition) is 9. The molecule has 15 heteroatoms. The van der Waals surface area contributed by atoms with Crippen molar-refractivity contribution >= 4 is 60.3 Å². The van der Waals surface area contributed by atoms with Gasteiger partial charge in [-0.2, -0.15) is 5.10 Å². The molecule has 5 heterocycles. The Bertz CT molecular complexity index is 2150. The summed E-state index contributed by atoms with van der Waals surface area (Å²) in [6.07, 6.45) is 10.00. The van der Waals surface area contributed by atoms with Gasteiger partial charge in [0.15, 0.2) is 5.78 Å². The van der Waals surface area contributed by atoms with Crippen LogP contribution in [0.4, 0.5) is 5.82 Å². The van der Waals surface area contributed by atoms with Crippen molar-refractivity contribution in [2.45, 2.75) is 63.9 Å². The van der Waals surface area contributed by atoms with Gasteiger partial charge in [0, 0.05) is 60.9 Å². The van der Waals surface area contributed by atoms with E-state index in [9.17, 15) is 22.8 Å². The van der Waals surface area contributed by atoms with E-state index in [4.69, 9.17) is 0 Å². The Kier molecular flexibility index (Phi) is 8.48. The second-order valence-corrected chi connectivity index (χ2v) is 15.9. The van der Waals surface area contributed by atoms with E-state index in [1.54, 1.807) is 43.4 Å². The Morgan fingerprint density at radius 1 is 1.10 bits per heavy atom. The number of aromatic nitrogens is 5. The minimum Gasteiger partial charge on any atom is -0.325 e. The number of nitrogens with zero attached hydrogens (tertiary/aromatic N) is 7. The first-order valence-corrected chi connectivity index (χ1v) is 18.5. The molecule has 3 aliphatic rings. The number of carbonyl (C=O) groups excluding carboxylic acids is 3. The maximum Gasteiger partial charge on any atom is 0.248 e. The summed E-state index contributed by atoms with van der Waals surface area (Å²) in [5.41, 5.74) is 2.45. The van der Waals surface area contributed by atoms with E-state index in [0.717, 1.165) is 11.1 Å². The lowest BCUT2D eigenvalue weighted by Gasteiger charge is -2.27. The van der Waals surface area contributed by atoms with Crippen molar-refractivity contribution in [3.8, 4) is 11.1 Å². The molecule has 49 heavy (non-hydrogen) atoms. The van der Waals surface area contributed by atoms with Gasteiger partial charge in [-0.15, -0.1) is 0 Å². The molecular weight excluding hydrogens is 712 g/mol. The van der Waals surface area contributed by atoms with Crippen molar-refractivity contribution in [3.05, 3.63) is 76.6 Å². The normalized spacial score (nSPS) is 24.3. The Hall–Kier alpha value is -4.34. The van der Waals surface area contributed by atoms with Gasteiger partial charge in [-0.25, -0.2) is 27.7 Å². The van der Waals surface area contributed by atoms with E-state index in [2.05, 4.69) is 47.4 Å². The molecule has 1 aliphatic carbocycles. The van der Waals surface area contributed by atoms with Gasteiger partial charge in [0.05, 0.1) is 11.3 Å². The van der Waals surface area contributed by atoms with Gasteiger partial charge >= 0.3 is 0 Å². The third kappa shape index (κ3) is 6.30. The smallest absolute Gasteiger partial charge is 0.248 e. The van der Waals surface area contributed by atoms with E-state index in [0.29, 0.717) is 59.1 Å². The fourth-order valence-corrected chi connectivity index (χ4v) is 8.52. The number of anilines is 1. The van der Waals surface area contributed by atoms with E-state index in [1.165, 1.54) is 15.9 Å². The first-order valence-electron chi connectivity index (χ1n) is 16.0. The van der Waals surface area contributed by atoms with E-state index in [-0.39, 0.29) is 47.0 Å². The summed E-state index contributed by atoms with van der Waals surface area (Å²) in [5, 5.41) is 8.03. The van der Waals surface area contributed by atoms with Crippen LogP contribution in [0.15, 0.2) is 59.5 Å². The van der Waals surface area contributed by atoms with E-state index in [1.807, 2.05) is 24.3 Å². The topological polar surface area (TPSA) is 160 Å². The number of carbonyl (C=O) groups is 3. The van der Waals surface area contributed by atoms with E-state index >= 15 is 0 Å². The highest BCUT2D eigenvalue weighted by Gasteiger charge is 2.65. The zero-order valence-electron chi connectivity index (χ0n) is 27.3. The molecule has 2 fully saturated rings. The SMILES string of the molecule is CC(=O)c1nn(CC(=O)N2[C@H]3C[C@@]4(/C=C/CCCN(C)S(=O)(=O)Cc5ccc(Br)nc5NC3=O)C[C@@H]24)c2ccc(-c3cnc(C)nc3)cc12. The number of amides is 2. The van der Waals surface area contributed by atoms with Crippen LogP contribution in [0.3, 0.4) is 0 Å². The molecule has 1 N–H and O–H groups in total. The Morgan fingerprint density at radius 3 is 2.63 bits per heavy atom. The first-order chi connectivity index (χ1) is 23.3. The number of aryl methyl sites for hydroxylation is 1. The van der Waals surface area contributed by atoms with Crippen LogP contribution in [-0.2, 0) is 31.9 Å². The summed E-state index contributed by atoms with van der Waals surface area (Å²) in [7, 11) is -2.12. The molecule has 254 valence electrons. The molecule has 7 rings (SSSR count). The number of allylic oxidation sites excluding steroid dienone is 1. The fraction of sp³-hybridized carbons (Fsp3) is 0.382. The van der Waals surface area contributed by atoms with Crippen LogP contribution in [0.25, 0.3) is 22.0 Å². The second-order valence-electron chi connectivity index (χ2n) is 13.0. The first kappa shape index (κ1) is 33.2. The Balaban J connectivity index is 1.22. The highest BCUT2D eigenvalue weighted by molar-refractivity contribution is 9.10. The molecule has 4 aromatic rings. The summed E-state index contributed by atoms with van der Waals surface area (Å²) < 4.78 is 29.7. The third-order valence-electron chi connectivity index (χ3n) is 9.69. The molecule has 1 aromatic carbocycles. The molecule has 3 aromatic heterocycles. The van der Waals surface area contributed by atoms with Gasteiger partial charge in [0.2, 0.25) is 21.8 Å². The lowest BCUT2D eigenvalue weighted by atomic mass is 9.98. The number of halogens is 1. The quantitative estimate of drug-likeness (QED) is 0.183. The van der Waals surface area contributed by atoms with Gasteiger partial charge in [0.25, 0.3) is 0 Å². The Labute approximate surface area is 292 Å². The van der Waals surface area contributed by atoms with Crippen molar-refractivity contribution < 1.29 is 22.8 Å². The number of benzene rings is 1. The Morgan fingerprint density at radius 2 is 1.88 bits per heavy atom. The molecule has 1 saturated carbocycles. The van der Waals surface area contributed by atoms with Crippen LogP contribution in [0, 0.1) is 12.3 Å². The molecule has 0 radical (unpaired) electrons. The number of rotatable bonds is 4. The van der Waals surface area contributed by atoms with E-state index < -0.39 is 22.0 Å². The second kappa shape index (κ2) is 12.5. The highest BCUT2D eigenvalue weighted by Crippen LogP contribution is 2.61.